The summed E-state index contributed by atoms with van der Waals surface area (Å²) in [6.45, 7) is 6.59. The molecule has 2 heterocycles. The van der Waals surface area contributed by atoms with Gasteiger partial charge in [-0.25, -0.2) is 9.79 Å². The topological polar surface area (TPSA) is 96.2 Å². The maximum absolute atomic E-state index is 13.7. The zero-order valence-corrected chi connectivity index (χ0v) is 22.0. The van der Waals surface area contributed by atoms with Crippen LogP contribution in [0.5, 0.6) is 11.5 Å². The molecule has 38 heavy (non-hydrogen) atoms. The molecule has 1 aliphatic rings. The van der Waals surface area contributed by atoms with E-state index in [1.165, 1.54) is 36.0 Å². The van der Waals surface area contributed by atoms with Crippen LogP contribution in [0.15, 0.2) is 88.3 Å². The summed E-state index contributed by atoms with van der Waals surface area (Å²) in [6, 6.07) is 13.8. The largest absolute Gasteiger partial charge is 0.493 e. The minimum Gasteiger partial charge on any atom is -0.493 e. The van der Waals surface area contributed by atoms with Crippen molar-refractivity contribution in [2.45, 2.75) is 19.9 Å². The maximum Gasteiger partial charge on any atom is 0.338 e. The van der Waals surface area contributed by atoms with Gasteiger partial charge < -0.3 is 14.2 Å². The predicted molar refractivity (Wildman–Crippen MR) is 146 cm³/mol. The van der Waals surface area contributed by atoms with Crippen molar-refractivity contribution in [3.05, 3.63) is 109 Å². The number of fused-ring (bicyclic) bond motifs is 1. The van der Waals surface area contributed by atoms with Gasteiger partial charge in [-0.05, 0) is 36.3 Å². The van der Waals surface area contributed by atoms with Crippen LogP contribution in [0.25, 0.3) is 12.2 Å². The summed E-state index contributed by atoms with van der Waals surface area (Å²) in [6.07, 6.45) is 6.90. The number of nitrogens with zero attached hydrogens (tertiary/aromatic N) is 2. The lowest BCUT2D eigenvalue weighted by Crippen LogP contribution is -2.39. The van der Waals surface area contributed by atoms with Gasteiger partial charge in [-0.1, -0.05) is 72.5 Å². The second-order valence-electron chi connectivity index (χ2n) is 8.27. The summed E-state index contributed by atoms with van der Waals surface area (Å²) in [5.74, 6) is -0.618. The Morgan fingerprint density at radius 1 is 1.16 bits per heavy atom. The smallest absolute Gasteiger partial charge is 0.338 e. The second-order valence-corrected chi connectivity index (χ2v) is 9.27. The summed E-state index contributed by atoms with van der Waals surface area (Å²) in [5, 5.41) is 0. The van der Waals surface area contributed by atoms with Gasteiger partial charge in [-0.3, -0.25) is 14.2 Å². The lowest BCUT2D eigenvalue weighted by atomic mass is 9.95. The summed E-state index contributed by atoms with van der Waals surface area (Å²) >= 11 is 1.23. The average molecular weight is 531 g/mol. The fourth-order valence-corrected chi connectivity index (χ4v) is 5.03. The van der Waals surface area contributed by atoms with Gasteiger partial charge in [0, 0.05) is 6.92 Å². The maximum atomic E-state index is 13.7. The number of aromatic nitrogens is 1. The van der Waals surface area contributed by atoms with Gasteiger partial charge in [-0.2, -0.15) is 0 Å². The summed E-state index contributed by atoms with van der Waals surface area (Å²) in [7, 11) is 1.44. The third-order valence-electron chi connectivity index (χ3n) is 5.67. The molecule has 194 valence electrons. The van der Waals surface area contributed by atoms with E-state index < -0.39 is 18.0 Å². The van der Waals surface area contributed by atoms with Crippen LogP contribution in [-0.2, 0) is 14.3 Å². The number of methoxy groups -OCH3 is 1. The summed E-state index contributed by atoms with van der Waals surface area (Å²) in [4.78, 5) is 43.3. The number of esters is 2. The predicted octanol–water partition coefficient (Wildman–Crippen LogP) is 3.56. The van der Waals surface area contributed by atoms with Gasteiger partial charge in [0.1, 0.15) is 6.61 Å². The summed E-state index contributed by atoms with van der Waals surface area (Å²) < 4.78 is 18.0. The highest BCUT2D eigenvalue weighted by Gasteiger charge is 2.34. The molecule has 0 saturated carbocycles. The van der Waals surface area contributed by atoms with E-state index in [9.17, 15) is 14.4 Å². The molecule has 8 nitrogen and oxygen atoms in total. The summed E-state index contributed by atoms with van der Waals surface area (Å²) in [5.41, 5.74) is 1.90. The van der Waals surface area contributed by atoms with Crippen molar-refractivity contribution in [1.82, 2.24) is 4.57 Å². The van der Waals surface area contributed by atoms with Gasteiger partial charge >= 0.3 is 11.9 Å². The van der Waals surface area contributed by atoms with Gasteiger partial charge in [0.05, 0.1) is 29.0 Å². The molecule has 1 aliphatic heterocycles. The van der Waals surface area contributed by atoms with Crippen molar-refractivity contribution in [3.63, 3.8) is 0 Å². The number of carbonyl (C=O) groups is 2. The molecule has 0 N–H and O–H groups in total. The van der Waals surface area contributed by atoms with Crippen LogP contribution in [0.2, 0.25) is 0 Å². The number of ether oxygens (including phenoxy) is 3. The van der Waals surface area contributed by atoms with Crippen molar-refractivity contribution < 1.29 is 23.8 Å². The number of allylic oxidation sites excluding steroid dienone is 2. The molecule has 0 amide bonds. The highest BCUT2D eigenvalue weighted by molar-refractivity contribution is 7.07. The molecular formula is C29H26N2O6S. The van der Waals surface area contributed by atoms with Crippen LogP contribution < -0.4 is 24.4 Å². The molecule has 1 atom stereocenters. The van der Waals surface area contributed by atoms with Crippen LogP contribution in [0, 0.1) is 0 Å². The molecule has 9 heteroatoms. The Labute approximate surface area is 223 Å². The molecule has 4 rings (SSSR count). The van der Waals surface area contributed by atoms with E-state index in [4.69, 9.17) is 14.2 Å². The van der Waals surface area contributed by atoms with E-state index in [0.717, 1.165) is 5.56 Å². The van der Waals surface area contributed by atoms with Crippen molar-refractivity contribution >= 4 is 35.4 Å². The van der Waals surface area contributed by atoms with Crippen LogP contribution in [0.3, 0.4) is 0 Å². The fraction of sp³-hybridized carbons (Fsp3) is 0.172. The molecule has 0 spiro atoms. The van der Waals surface area contributed by atoms with Crippen LogP contribution in [0.4, 0.5) is 0 Å². The van der Waals surface area contributed by atoms with Crippen molar-refractivity contribution in [2.75, 3.05) is 13.7 Å². The van der Waals surface area contributed by atoms with E-state index in [-0.39, 0.29) is 29.2 Å². The zero-order chi connectivity index (χ0) is 27.2. The zero-order valence-electron chi connectivity index (χ0n) is 21.2. The number of hydrogen-bond donors (Lipinski definition) is 0. The van der Waals surface area contributed by atoms with Crippen LogP contribution in [-0.4, -0.2) is 30.2 Å². The minimum absolute atomic E-state index is 0.00570. The number of benzene rings is 2. The van der Waals surface area contributed by atoms with Crippen LogP contribution in [0.1, 0.15) is 31.0 Å². The fourth-order valence-electron chi connectivity index (χ4n) is 4.03. The minimum atomic E-state index is -0.843. The lowest BCUT2D eigenvalue weighted by molar-refractivity contribution is -0.138. The van der Waals surface area contributed by atoms with Crippen molar-refractivity contribution in [3.8, 4) is 11.5 Å². The van der Waals surface area contributed by atoms with E-state index >= 15 is 0 Å². The molecule has 0 fully saturated rings. The number of hydrogen-bond acceptors (Lipinski definition) is 8. The van der Waals surface area contributed by atoms with Gasteiger partial charge in [0.15, 0.2) is 16.3 Å². The van der Waals surface area contributed by atoms with Crippen molar-refractivity contribution in [2.24, 2.45) is 4.99 Å². The molecule has 0 aliphatic carbocycles. The first-order chi connectivity index (χ1) is 18.3. The quantitative estimate of drug-likeness (QED) is 0.251. The van der Waals surface area contributed by atoms with Crippen molar-refractivity contribution in [1.29, 1.82) is 0 Å². The van der Waals surface area contributed by atoms with E-state index in [1.807, 2.05) is 36.4 Å². The molecule has 0 saturated heterocycles. The Bertz CT molecular complexity index is 1630. The monoisotopic (exact) mass is 530 g/mol. The Balaban J connectivity index is 1.87. The average Bonchev–Trinajstić information content (AvgIpc) is 3.21. The molecular weight excluding hydrogens is 504 g/mol. The number of rotatable bonds is 8. The first-order valence-corrected chi connectivity index (χ1v) is 12.5. The molecule has 0 bridgehead atoms. The number of thiazole rings is 1. The molecule has 2 aromatic carbocycles. The SMILES string of the molecule is C=CCOC(=O)C1=C(C)N=c2sc(=CC=Cc3ccccc3)c(=O)n2C1c1ccc(OC(C)=O)c(OC)c1. The third kappa shape index (κ3) is 5.57. The van der Waals surface area contributed by atoms with Crippen LogP contribution >= 0.6 is 11.3 Å². The Kier molecular flexibility index (Phi) is 8.18. The Morgan fingerprint density at radius 2 is 1.92 bits per heavy atom. The third-order valence-corrected chi connectivity index (χ3v) is 6.67. The lowest BCUT2D eigenvalue weighted by Gasteiger charge is -2.25. The first-order valence-electron chi connectivity index (χ1n) is 11.7. The normalized spacial score (nSPS) is 15.1. The van der Waals surface area contributed by atoms with E-state index in [2.05, 4.69) is 11.6 Å². The van der Waals surface area contributed by atoms with Gasteiger partial charge in [0.25, 0.3) is 5.56 Å². The molecule has 0 radical (unpaired) electrons. The standard InChI is InChI=1S/C29H26N2O6S/c1-5-16-36-28(34)25-18(2)30-29-31(26(25)21-14-15-22(37-19(3)32)23(17-21)35-4)27(33)24(38-29)13-9-12-20-10-7-6-8-11-20/h5-15,17,26H,1,16H2,2-4H3. The molecule has 3 aromatic rings. The molecule has 1 unspecified atom stereocenters. The van der Waals surface area contributed by atoms with E-state index in [1.54, 1.807) is 37.3 Å². The molecule has 1 aromatic heterocycles. The van der Waals surface area contributed by atoms with E-state index in [0.29, 0.717) is 20.6 Å². The second kappa shape index (κ2) is 11.7. The Morgan fingerprint density at radius 3 is 2.61 bits per heavy atom. The first kappa shape index (κ1) is 26.6. The number of carbonyl (C=O) groups excluding carboxylic acids is 2. The van der Waals surface area contributed by atoms with Gasteiger partial charge in [-0.15, -0.1) is 0 Å². The Hall–Kier alpha value is -4.50. The van der Waals surface area contributed by atoms with Gasteiger partial charge in [0.2, 0.25) is 0 Å². The highest BCUT2D eigenvalue weighted by atomic mass is 32.1. The highest BCUT2D eigenvalue weighted by Crippen LogP contribution is 2.36.